The smallest absolute Gasteiger partial charge is 0.0256 e. The molecule has 0 saturated carbocycles. The van der Waals surface area contributed by atoms with Crippen molar-refractivity contribution < 1.29 is 0 Å². The van der Waals surface area contributed by atoms with E-state index in [1.165, 1.54) is 18.4 Å². The van der Waals surface area contributed by atoms with Gasteiger partial charge < -0.3 is 0 Å². The second-order valence-corrected chi connectivity index (χ2v) is 2.53. The Balaban J connectivity index is 2.55. The van der Waals surface area contributed by atoms with Crippen LogP contribution in [0.4, 0.5) is 0 Å². The molecule has 44 valence electrons. The maximum absolute atomic E-state index is 3.86. The first-order chi connectivity index (χ1) is 3.79. The lowest BCUT2D eigenvalue weighted by Gasteiger charge is -2.11. The zero-order valence-electron chi connectivity index (χ0n) is 5.35. The second kappa shape index (κ2) is 2.17. The van der Waals surface area contributed by atoms with Crippen molar-refractivity contribution >= 4 is 0 Å². The molecule has 0 saturated heterocycles. The molecule has 1 unspecified atom stereocenters. The Kier molecular flexibility index (Phi) is 1.52. The van der Waals surface area contributed by atoms with Crippen molar-refractivity contribution in [3.8, 4) is 0 Å². The van der Waals surface area contributed by atoms with Crippen LogP contribution in [0.25, 0.3) is 0 Å². The van der Waals surface area contributed by atoms with Gasteiger partial charge in [0.15, 0.2) is 0 Å². The molecule has 8 heavy (non-hydrogen) atoms. The Morgan fingerprint density at radius 2 is 2.50 bits per heavy atom. The van der Waals surface area contributed by atoms with Gasteiger partial charge in [0, 0.05) is 0 Å². The Bertz CT molecular complexity index is 120. The molecule has 0 spiro atoms. The summed E-state index contributed by atoms with van der Waals surface area (Å²) in [6.45, 7) is 6.10. The van der Waals surface area contributed by atoms with E-state index in [-0.39, 0.29) is 0 Å². The SMILES string of the molecule is C=C1C=CC(C)CC1. The highest BCUT2D eigenvalue weighted by molar-refractivity contribution is 5.18. The summed E-state index contributed by atoms with van der Waals surface area (Å²) in [5.41, 5.74) is 1.28. The van der Waals surface area contributed by atoms with Crippen LogP contribution in [0.5, 0.6) is 0 Å². The quantitative estimate of drug-likeness (QED) is 0.447. The average molecular weight is 108 g/mol. The molecule has 1 atom stereocenters. The van der Waals surface area contributed by atoms with Gasteiger partial charge >= 0.3 is 0 Å². The van der Waals surface area contributed by atoms with Crippen LogP contribution in [-0.4, -0.2) is 0 Å². The summed E-state index contributed by atoms with van der Waals surface area (Å²) in [5.74, 6) is 0.778. The molecule has 0 amide bonds. The normalized spacial score (nSPS) is 28.6. The van der Waals surface area contributed by atoms with Crippen LogP contribution in [0.3, 0.4) is 0 Å². The Morgan fingerprint density at radius 1 is 1.75 bits per heavy atom. The van der Waals surface area contributed by atoms with Crippen molar-refractivity contribution in [3.63, 3.8) is 0 Å². The first kappa shape index (κ1) is 5.61. The molecule has 0 radical (unpaired) electrons. The molecule has 0 aromatic heterocycles. The van der Waals surface area contributed by atoms with Gasteiger partial charge in [0.1, 0.15) is 0 Å². The van der Waals surface area contributed by atoms with Gasteiger partial charge in [-0.05, 0) is 18.8 Å². The number of hydrogen-bond acceptors (Lipinski definition) is 0. The van der Waals surface area contributed by atoms with Crippen molar-refractivity contribution in [1.82, 2.24) is 0 Å². The van der Waals surface area contributed by atoms with Crippen molar-refractivity contribution in [2.75, 3.05) is 0 Å². The summed E-state index contributed by atoms with van der Waals surface area (Å²) < 4.78 is 0. The molecule has 1 aliphatic carbocycles. The zero-order valence-corrected chi connectivity index (χ0v) is 5.35. The van der Waals surface area contributed by atoms with E-state index in [4.69, 9.17) is 0 Å². The molecular weight excluding hydrogens is 96.1 g/mol. The predicted octanol–water partition coefficient (Wildman–Crippen LogP) is 2.53. The van der Waals surface area contributed by atoms with Gasteiger partial charge in [-0.3, -0.25) is 0 Å². The fourth-order valence-electron chi connectivity index (χ4n) is 0.893. The highest BCUT2D eigenvalue weighted by Gasteiger charge is 2.02. The van der Waals surface area contributed by atoms with E-state index in [1.54, 1.807) is 0 Å². The van der Waals surface area contributed by atoms with E-state index in [0.29, 0.717) is 0 Å². The van der Waals surface area contributed by atoms with Crippen molar-refractivity contribution in [1.29, 1.82) is 0 Å². The molecule has 0 aliphatic heterocycles. The topological polar surface area (TPSA) is 0 Å². The van der Waals surface area contributed by atoms with E-state index < -0.39 is 0 Å². The lowest BCUT2D eigenvalue weighted by Crippen LogP contribution is -1.95. The van der Waals surface area contributed by atoms with Crippen molar-refractivity contribution in [3.05, 3.63) is 24.3 Å². The minimum absolute atomic E-state index is 0.778. The Morgan fingerprint density at radius 3 is 2.88 bits per heavy atom. The summed E-state index contributed by atoms with van der Waals surface area (Å²) in [7, 11) is 0. The molecule has 0 nitrogen and oxygen atoms in total. The highest BCUT2D eigenvalue weighted by atomic mass is 14.1. The fraction of sp³-hybridized carbons (Fsp3) is 0.500. The third-order valence-corrected chi connectivity index (χ3v) is 1.58. The second-order valence-electron chi connectivity index (χ2n) is 2.53. The van der Waals surface area contributed by atoms with Gasteiger partial charge in [0.2, 0.25) is 0 Å². The van der Waals surface area contributed by atoms with Crippen molar-refractivity contribution in [2.45, 2.75) is 19.8 Å². The van der Waals surface area contributed by atoms with Gasteiger partial charge in [-0.25, -0.2) is 0 Å². The molecular formula is C8H12. The largest absolute Gasteiger partial charge is 0.0958 e. The van der Waals surface area contributed by atoms with Gasteiger partial charge in [0.25, 0.3) is 0 Å². The van der Waals surface area contributed by atoms with Crippen LogP contribution < -0.4 is 0 Å². The minimum atomic E-state index is 0.778. The summed E-state index contributed by atoms with van der Waals surface area (Å²) in [6.07, 6.45) is 6.84. The fourth-order valence-corrected chi connectivity index (χ4v) is 0.893. The molecule has 0 aromatic rings. The maximum Gasteiger partial charge on any atom is -0.0256 e. The highest BCUT2D eigenvalue weighted by Crippen LogP contribution is 2.18. The van der Waals surface area contributed by atoms with Gasteiger partial charge in [-0.15, -0.1) is 0 Å². The molecule has 0 heteroatoms. The number of allylic oxidation sites excluding steroid dienone is 3. The zero-order chi connectivity index (χ0) is 5.98. The third kappa shape index (κ3) is 1.22. The average Bonchev–Trinajstić information content (AvgIpc) is 1.77. The monoisotopic (exact) mass is 108 g/mol. The lowest BCUT2D eigenvalue weighted by atomic mass is 9.95. The molecule has 0 bridgehead atoms. The van der Waals surface area contributed by atoms with Gasteiger partial charge in [-0.2, -0.15) is 0 Å². The first-order valence-corrected chi connectivity index (χ1v) is 3.15. The summed E-state index contributed by atoms with van der Waals surface area (Å²) in [6, 6.07) is 0. The first-order valence-electron chi connectivity index (χ1n) is 3.15. The summed E-state index contributed by atoms with van der Waals surface area (Å²) >= 11 is 0. The van der Waals surface area contributed by atoms with Crippen molar-refractivity contribution in [2.24, 2.45) is 5.92 Å². The van der Waals surface area contributed by atoms with Crippen LogP contribution in [0.1, 0.15) is 19.8 Å². The van der Waals surface area contributed by atoms with Gasteiger partial charge in [-0.1, -0.05) is 31.2 Å². The summed E-state index contributed by atoms with van der Waals surface area (Å²) in [4.78, 5) is 0. The van der Waals surface area contributed by atoms with E-state index >= 15 is 0 Å². The van der Waals surface area contributed by atoms with E-state index in [2.05, 4.69) is 25.7 Å². The Labute approximate surface area is 50.9 Å². The number of rotatable bonds is 0. The van der Waals surface area contributed by atoms with Crippen LogP contribution in [0, 0.1) is 5.92 Å². The van der Waals surface area contributed by atoms with E-state index in [9.17, 15) is 0 Å². The van der Waals surface area contributed by atoms with Crippen LogP contribution >= 0.6 is 0 Å². The maximum atomic E-state index is 3.86. The van der Waals surface area contributed by atoms with Gasteiger partial charge in [0.05, 0.1) is 0 Å². The Hall–Kier alpha value is -0.520. The summed E-state index contributed by atoms with van der Waals surface area (Å²) in [5, 5.41) is 0. The van der Waals surface area contributed by atoms with Crippen LogP contribution in [-0.2, 0) is 0 Å². The lowest BCUT2D eigenvalue weighted by molar-refractivity contribution is 0.632. The standard InChI is InChI=1S/C8H12/c1-7-3-5-8(2)6-4-7/h3,5,8H,1,4,6H2,2H3. The molecule has 1 rings (SSSR count). The third-order valence-electron chi connectivity index (χ3n) is 1.58. The molecule has 1 aliphatic rings. The predicted molar refractivity (Wildman–Crippen MR) is 36.7 cm³/mol. The van der Waals surface area contributed by atoms with E-state index in [0.717, 1.165) is 5.92 Å². The minimum Gasteiger partial charge on any atom is -0.0958 e. The van der Waals surface area contributed by atoms with Crippen LogP contribution in [0.15, 0.2) is 24.3 Å². The van der Waals surface area contributed by atoms with E-state index in [1.807, 2.05) is 0 Å². The molecule has 0 fully saturated rings. The molecule has 0 aromatic carbocycles. The molecule has 0 N–H and O–H groups in total. The molecule has 0 heterocycles. The number of hydrogen-bond donors (Lipinski definition) is 0. The van der Waals surface area contributed by atoms with Crippen LogP contribution in [0.2, 0.25) is 0 Å².